The predicted molar refractivity (Wildman–Crippen MR) is 446 cm³/mol. The third-order valence-corrected chi connectivity index (χ3v) is 32.3. The van der Waals surface area contributed by atoms with Gasteiger partial charge in [0.05, 0.1) is 13.2 Å². The molecule has 0 aliphatic heterocycles. The van der Waals surface area contributed by atoms with Crippen molar-refractivity contribution in [3.8, 4) is 11.5 Å². The first-order valence-electron chi connectivity index (χ1n) is 46.0. The first-order valence-corrected chi connectivity index (χ1v) is 46.0. The quantitative estimate of drug-likeness (QED) is 0.0198. The maximum atomic E-state index is 13.9. The van der Waals surface area contributed by atoms with Gasteiger partial charge in [0.1, 0.15) is 73.5 Å². The van der Waals surface area contributed by atoms with Gasteiger partial charge in [0, 0.05) is 60.5 Å². The molecule has 0 spiro atoms. The lowest BCUT2D eigenvalue weighted by Gasteiger charge is -2.64. The molecule has 662 valence electrons. The van der Waals surface area contributed by atoms with E-state index in [1.54, 1.807) is 13.8 Å². The van der Waals surface area contributed by atoms with E-state index < -0.39 is 10.8 Å². The van der Waals surface area contributed by atoms with Crippen LogP contribution in [0.2, 0.25) is 0 Å². The fourth-order valence-electron chi connectivity index (χ4n) is 26.3. The number of hydrogen-bond acceptors (Lipinski definition) is 22. The molecule has 2 aromatic rings. The van der Waals surface area contributed by atoms with Crippen LogP contribution < -0.4 is 9.47 Å². The number of ether oxygens (including phenoxy) is 12. The van der Waals surface area contributed by atoms with Crippen LogP contribution in [0.3, 0.4) is 0 Å². The highest BCUT2D eigenvalue weighted by Gasteiger charge is 2.70. The number of carbonyl (C=O) groups is 10. The van der Waals surface area contributed by atoms with E-state index in [2.05, 4.69) is 65.8 Å². The van der Waals surface area contributed by atoms with Crippen LogP contribution in [-0.4, -0.2) is 137 Å². The summed E-state index contributed by atoms with van der Waals surface area (Å²) in [6.07, 6.45) is 23.1. The zero-order valence-corrected chi connectivity index (χ0v) is 73.2. The standard InChI is InChI=1S/C98H138O22/c1-11-109-91(107)45-61(3)55-111-71-31-27-65(28-32-71)47-67-19-13-15-21-81(67)119-89(105)39-25-63(5)75-35-37-77-93-79(53-85(115-59-101)97(75,77)9)95(7)43-41-73(49-69(95)51-83(93)113-57-99)117-87(103)23-17-18-24-88(104)118-74-42-44-96(8)70(50-74)52-84(114-58-100)94-78-38-36-76(98(78,10)86(116-60-102)54-80(94)96)64(6)26-40-90(106)120-82-22-16-14-20-68(82)48-66-29-33-72(34-30-66)112-56-62(4)46-92(108)110-12-2/h27-34,45-46,57-60,63-64,67-70,73-86,93-94H,11-26,35-44,47-56H2,1-10H3/b61-45+,62-46+/t63-,64-,67-,68-,69+,70+,73-,74-,75-,76-,77+,78+,79+,80+,81-,82-,83-,84-,85+,86+,93+,94+,95+,96+,97-,98-/m1/s1. The lowest BCUT2D eigenvalue weighted by molar-refractivity contribution is -0.219. The minimum absolute atomic E-state index is 0.0359. The Labute approximate surface area is 711 Å². The van der Waals surface area contributed by atoms with Gasteiger partial charge >= 0.3 is 35.8 Å². The van der Waals surface area contributed by atoms with Crippen LogP contribution in [-0.2, 0) is 108 Å². The van der Waals surface area contributed by atoms with E-state index in [4.69, 9.17) is 56.8 Å². The van der Waals surface area contributed by atoms with Gasteiger partial charge in [-0.05, 0) is 323 Å². The Morgan fingerprint density at radius 1 is 0.425 bits per heavy atom. The third-order valence-electron chi connectivity index (χ3n) is 32.3. The molecule has 0 N–H and O–H groups in total. The van der Waals surface area contributed by atoms with E-state index in [-0.39, 0.29) is 217 Å². The van der Waals surface area contributed by atoms with Gasteiger partial charge < -0.3 is 56.8 Å². The Morgan fingerprint density at radius 3 is 1.18 bits per heavy atom. The summed E-state index contributed by atoms with van der Waals surface area (Å²) >= 11 is 0. The van der Waals surface area contributed by atoms with Crippen LogP contribution in [0, 0.1) is 105 Å². The average Bonchev–Trinajstić information content (AvgIpc) is 1.19. The molecule has 26 atom stereocenters. The molecule has 12 rings (SSSR count). The van der Waals surface area contributed by atoms with E-state index >= 15 is 0 Å². The largest absolute Gasteiger partial charge is 0.489 e. The zero-order valence-electron chi connectivity index (χ0n) is 73.2. The van der Waals surface area contributed by atoms with Crippen molar-refractivity contribution in [1.82, 2.24) is 0 Å². The van der Waals surface area contributed by atoms with Crippen molar-refractivity contribution in [3.05, 3.63) is 83.0 Å². The Kier molecular flexibility index (Phi) is 31.7. The van der Waals surface area contributed by atoms with E-state index in [1.165, 1.54) is 12.2 Å². The highest BCUT2D eigenvalue weighted by atomic mass is 16.6. The number of esters is 6. The molecule has 0 amide bonds. The molecule has 2 aromatic carbocycles. The number of hydrogen-bond donors (Lipinski definition) is 0. The summed E-state index contributed by atoms with van der Waals surface area (Å²) in [4.78, 5) is 129. The molecule has 0 heterocycles. The molecule has 10 aliphatic carbocycles. The fraction of sp³-hybridized carbons (Fsp3) is 0.735. The molecule has 0 unspecified atom stereocenters. The van der Waals surface area contributed by atoms with Gasteiger partial charge in [0.15, 0.2) is 0 Å². The second kappa shape index (κ2) is 41.6. The van der Waals surface area contributed by atoms with Gasteiger partial charge in [0.25, 0.3) is 25.9 Å². The van der Waals surface area contributed by atoms with Crippen molar-refractivity contribution in [3.63, 3.8) is 0 Å². The number of rotatable bonds is 39. The van der Waals surface area contributed by atoms with E-state index in [1.807, 2.05) is 38.1 Å². The molecule has 0 aromatic heterocycles. The Bertz CT molecular complexity index is 3620. The summed E-state index contributed by atoms with van der Waals surface area (Å²) in [6, 6.07) is 16.0. The van der Waals surface area contributed by atoms with Crippen molar-refractivity contribution in [2.24, 2.45) is 105 Å². The normalized spacial score (nSPS) is 35.5. The summed E-state index contributed by atoms with van der Waals surface area (Å²) in [6.45, 7) is 24.4. The lowest BCUT2D eigenvalue weighted by Crippen LogP contribution is -2.63. The van der Waals surface area contributed by atoms with Gasteiger partial charge in [-0.25, -0.2) is 9.59 Å². The maximum Gasteiger partial charge on any atom is 0.330 e. The van der Waals surface area contributed by atoms with Crippen molar-refractivity contribution in [2.75, 3.05) is 26.4 Å². The summed E-state index contributed by atoms with van der Waals surface area (Å²) < 4.78 is 71.9. The predicted octanol–water partition coefficient (Wildman–Crippen LogP) is 17.6. The zero-order chi connectivity index (χ0) is 85.5. The van der Waals surface area contributed by atoms with Crippen molar-refractivity contribution >= 4 is 61.7 Å². The van der Waals surface area contributed by atoms with Crippen LogP contribution in [0.5, 0.6) is 11.5 Å². The summed E-state index contributed by atoms with van der Waals surface area (Å²) in [7, 11) is 0. The number of unbranched alkanes of at least 4 members (excludes halogenated alkanes) is 1. The van der Waals surface area contributed by atoms with Gasteiger partial charge in [-0.15, -0.1) is 0 Å². The highest BCUT2D eigenvalue weighted by molar-refractivity contribution is 5.83. The number of benzene rings is 2. The molecule has 0 bridgehead atoms. The van der Waals surface area contributed by atoms with Crippen LogP contribution in [0.25, 0.3) is 0 Å². The second-order valence-electron chi connectivity index (χ2n) is 38.9. The topological polar surface area (TPSA) is 281 Å². The summed E-state index contributed by atoms with van der Waals surface area (Å²) in [5.74, 6) is 1.16. The first kappa shape index (κ1) is 91.4. The number of fused-ring (bicyclic) bond motifs is 10. The third kappa shape index (κ3) is 21.2. The van der Waals surface area contributed by atoms with Crippen LogP contribution >= 0.6 is 0 Å². The number of carbonyl (C=O) groups excluding carboxylic acids is 10. The van der Waals surface area contributed by atoms with Crippen molar-refractivity contribution < 1.29 is 105 Å². The minimum Gasteiger partial charge on any atom is -0.489 e. The SMILES string of the molecule is CCOC(=O)/C=C(\C)COc1ccc(C[C@H]2CCCC[C@H]2OC(=O)CC[C@@H](C)[C@H]2CC[C@H]3[C@@H]4[C@H](OC=O)C[C@@H]5C[C@H](OC(=O)CCCCC(=O)O[C@@H]6CC[C@@]7(C)[C@@H](C6)C[C@@H](OC=O)[C@@H]6[C@@H]7C[C@H](OC=O)[C@]7(C)[C@@H]([C@H](C)CCC(=O)O[C@@H]8CCCC[C@@H]8Cc8ccc(OC/C(C)=C/C(=O)OCC)cc8)CC[C@@H]67)CC[C@]5(C)[C@H]4C[C@H](OC=O)[C@]23C)cc1. The highest BCUT2D eigenvalue weighted by Crippen LogP contribution is 2.72. The molecule has 0 saturated heterocycles. The van der Waals surface area contributed by atoms with E-state index in [0.717, 1.165) is 125 Å². The molecular formula is C98H138O22. The molecule has 10 saturated carbocycles. The molecule has 22 nitrogen and oxygen atoms in total. The Balaban J connectivity index is 0.577. The second-order valence-corrected chi connectivity index (χ2v) is 38.9. The molecular weight excluding hydrogens is 1530 g/mol. The minimum atomic E-state index is -0.427. The van der Waals surface area contributed by atoms with Crippen LogP contribution in [0.4, 0.5) is 0 Å². The van der Waals surface area contributed by atoms with E-state index in [9.17, 15) is 47.9 Å². The summed E-state index contributed by atoms with van der Waals surface area (Å²) in [5.41, 5.74) is 2.56. The Hall–Kier alpha value is -7.78. The fourth-order valence-corrected chi connectivity index (χ4v) is 26.3. The van der Waals surface area contributed by atoms with Crippen LogP contribution in [0.1, 0.15) is 273 Å². The maximum absolute atomic E-state index is 13.9. The summed E-state index contributed by atoms with van der Waals surface area (Å²) in [5, 5.41) is 0. The van der Waals surface area contributed by atoms with Gasteiger partial charge in [-0.3, -0.25) is 38.4 Å². The van der Waals surface area contributed by atoms with Gasteiger partial charge in [-0.1, -0.05) is 78.6 Å². The molecule has 120 heavy (non-hydrogen) atoms. The monoisotopic (exact) mass is 1670 g/mol. The molecule has 10 fully saturated rings. The van der Waals surface area contributed by atoms with Crippen molar-refractivity contribution in [1.29, 1.82) is 0 Å². The average molecular weight is 1670 g/mol. The van der Waals surface area contributed by atoms with Crippen LogP contribution in [0.15, 0.2) is 71.8 Å². The van der Waals surface area contributed by atoms with Crippen molar-refractivity contribution in [2.45, 2.75) is 324 Å². The molecule has 10 aliphatic rings. The lowest BCUT2D eigenvalue weighted by atomic mass is 9.43. The molecule has 22 heteroatoms. The first-order chi connectivity index (χ1) is 57.8. The smallest absolute Gasteiger partial charge is 0.330 e. The van der Waals surface area contributed by atoms with E-state index in [0.29, 0.717) is 128 Å². The van der Waals surface area contributed by atoms with Gasteiger partial charge in [-0.2, -0.15) is 0 Å². The Morgan fingerprint density at radius 2 is 0.800 bits per heavy atom. The van der Waals surface area contributed by atoms with Gasteiger partial charge in [0.2, 0.25) is 0 Å². The molecule has 0 radical (unpaired) electrons.